The van der Waals surface area contributed by atoms with Crippen LogP contribution in [0.5, 0.6) is 11.5 Å². The first-order chi connectivity index (χ1) is 22.5. The molecule has 0 aliphatic rings. The first-order valence-electron chi connectivity index (χ1n) is 15.2. The van der Waals surface area contributed by atoms with E-state index < -0.39 is 28.5 Å². The number of anilines is 1. The summed E-state index contributed by atoms with van der Waals surface area (Å²) in [5.74, 6) is -0.0803. The highest BCUT2D eigenvalue weighted by Crippen LogP contribution is 2.32. The summed E-state index contributed by atoms with van der Waals surface area (Å²) in [4.78, 5) is 29.9. The molecule has 4 rings (SSSR count). The minimum Gasteiger partial charge on any atom is -0.493 e. The SMILES string of the molecule is COc1ccc(S(=O)(=O)N(CC(=O)N(Cc2cccc(Br)c2)[C@@H](Cc2ccccc2)C(=O)NCC(C)C)c2ccccc2)cc1OC. The van der Waals surface area contributed by atoms with Gasteiger partial charge in [0.1, 0.15) is 12.6 Å². The zero-order valence-electron chi connectivity index (χ0n) is 26.9. The summed E-state index contributed by atoms with van der Waals surface area (Å²) in [6.07, 6.45) is 0.234. The Morgan fingerprint density at radius 3 is 2.06 bits per heavy atom. The van der Waals surface area contributed by atoms with Crippen LogP contribution in [0.15, 0.2) is 112 Å². The average molecular weight is 723 g/mol. The van der Waals surface area contributed by atoms with Crippen LogP contribution in [0.1, 0.15) is 25.0 Å². The van der Waals surface area contributed by atoms with Gasteiger partial charge in [0.05, 0.1) is 24.8 Å². The second kappa shape index (κ2) is 16.5. The van der Waals surface area contributed by atoms with E-state index in [0.29, 0.717) is 18.0 Å². The number of rotatable bonds is 15. The third-order valence-corrected chi connectivity index (χ3v) is 9.73. The zero-order chi connectivity index (χ0) is 34.0. The topological polar surface area (TPSA) is 105 Å². The summed E-state index contributed by atoms with van der Waals surface area (Å²) in [6, 6.07) is 28.7. The van der Waals surface area contributed by atoms with Crippen LogP contribution in [0.2, 0.25) is 0 Å². The Hall–Kier alpha value is -4.35. The largest absolute Gasteiger partial charge is 0.493 e. The van der Waals surface area contributed by atoms with Gasteiger partial charge in [-0.25, -0.2) is 8.42 Å². The van der Waals surface area contributed by atoms with Crippen LogP contribution in [0.4, 0.5) is 5.69 Å². The van der Waals surface area contributed by atoms with Gasteiger partial charge in [-0.2, -0.15) is 0 Å². The van der Waals surface area contributed by atoms with E-state index in [1.54, 1.807) is 30.3 Å². The Balaban J connectivity index is 1.80. The first-order valence-corrected chi connectivity index (χ1v) is 17.4. The molecule has 0 unspecified atom stereocenters. The van der Waals surface area contributed by atoms with Crippen LogP contribution in [-0.4, -0.2) is 58.5 Å². The molecular weight excluding hydrogens is 682 g/mol. The summed E-state index contributed by atoms with van der Waals surface area (Å²) in [5, 5.41) is 3.00. The Morgan fingerprint density at radius 2 is 1.45 bits per heavy atom. The van der Waals surface area contributed by atoms with Crippen molar-refractivity contribution in [3.63, 3.8) is 0 Å². The lowest BCUT2D eigenvalue weighted by Gasteiger charge is -2.34. The molecule has 47 heavy (non-hydrogen) atoms. The Morgan fingerprint density at radius 1 is 0.809 bits per heavy atom. The number of para-hydroxylation sites is 1. The van der Waals surface area contributed by atoms with Crippen LogP contribution in [0.25, 0.3) is 0 Å². The number of nitrogens with one attached hydrogen (secondary N) is 1. The number of carbonyl (C=O) groups excluding carboxylic acids is 2. The van der Waals surface area contributed by atoms with Crippen molar-refractivity contribution in [3.05, 3.63) is 119 Å². The summed E-state index contributed by atoms with van der Waals surface area (Å²) < 4.78 is 41.2. The van der Waals surface area contributed by atoms with Crippen molar-refractivity contribution in [3.8, 4) is 11.5 Å². The summed E-state index contributed by atoms with van der Waals surface area (Å²) in [7, 11) is -1.42. The number of nitrogens with zero attached hydrogens (tertiary/aromatic N) is 2. The number of sulfonamides is 1. The molecule has 0 fully saturated rings. The second-order valence-electron chi connectivity index (χ2n) is 11.4. The maximum Gasteiger partial charge on any atom is 0.264 e. The number of ether oxygens (including phenoxy) is 2. The molecule has 0 heterocycles. The molecule has 4 aromatic carbocycles. The molecule has 0 aliphatic heterocycles. The van der Waals surface area contributed by atoms with Gasteiger partial charge in [-0.3, -0.25) is 13.9 Å². The van der Waals surface area contributed by atoms with E-state index in [1.807, 2.05) is 68.4 Å². The Bertz CT molecular complexity index is 1750. The van der Waals surface area contributed by atoms with Gasteiger partial charge in [0.25, 0.3) is 10.0 Å². The molecule has 0 bridgehead atoms. The predicted molar refractivity (Wildman–Crippen MR) is 187 cm³/mol. The lowest BCUT2D eigenvalue weighted by Crippen LogP contribution is -2.53. The summed E-state index contributed by atoms with van der Waals surface area (Å²) in [6.45, 7) is 3.93. The fourth-order valence-corrected chi connectivity index (χ4v) is 6.91. The van der Waals surface area contributed by atoms with Crippen LogP contribution >= 0.6 is 15.9 Å². The quantitative estimate of drug-likeness (QED) is 0.160. The normalized spacial score (nSPS) is 11.9. The molecule has 4 aromatic rings. The fraction of sp³-hybridized carbons (Fsp3) is 0.278. The van der Waals surface area contributed by atoms with Crippen molar-refractivity contribution in [2.45, 2.75) is 37.8 Å². The van der Waals surface area contributed by atoms with Crippen LogP contribution in [0.3, 0.4) is 0 Å². The molecule has 2 amide bonds. The first kappa shape index (κ1) is 35.5. The Kier molecular flexibility index (Phi) is 12.4. The van der Waals surface area contributed by atoms with Crippen molar-refractivity contribution in [2.24, 2.45) is 5.92 Å². The molecule has 0 spiro atoms. The number of hydrogen-bond donors (Lipinski definition) is 1. The van der Waals surface area contributed by atoms with Crippen LogP contribution in [-0.2, 0) is 32.6 Å². The molecule has 11 heteroatoms. The van der Waals surface area contributed by atoms with Crippen LogP contribution in [0, 0.1) is 5.92 Å². The highest BCUT2D eigenvalue weighted by molar-refractivity contribution is 9.10. The van der Waals surface area contributed by atoms with Crippen molar-refractivity contribution in [2.75, 3.05) is 31.6 Å². The Labute approximate surface area is 285 Å². The lowest BCUT2D eigenvalue weighted by atomic mass is 10.0. The van der Waals surface area contributed by atoms with Gasteiger partial charge < -0.3 is 19.7 Å². The van der Waals surface area contributed by atoms with Gasteiger partial charge in [-0.05, 0) is 53.4 Å². The molecule has 0 saturated heterocycles. The van der Waals surface area contributed by atoms with E-state index in [4.69, 9.17) is 9.47 Å². The number of methoxy groups -OCH3 is 2. The lowest BCUT2D eigenvalue weighted by molar-refractivity contribution is -0.140. The third kappa shape index (κ3) is 9.36. The van der Waals surface area contributed by atoms with Gasteiger partial charge in [0.15, 0.2) is 11.5 Å². The van der Waals surface area contributed by atoms with Gasteiger partial charge in [0.2, 0.25) is 11.8 Å². The highest BCUT2D eigenvalue weighted by atomic mass is 79.9. The minimum absolute atomic E-state index is 0.0733. The van der Waals surface area contributed by atoms with E-state index >= 15 is 0 Å². The highest BCUT2D eigenvalue weighted by Gasteiger charge is 2.35. The molecular formula is C36H40BrN3O6S. The van der Waals surface area contributed by atoms with Gasteiger partial charge in [0, 0.05) is 30.0 Å². The van der Waals surface area contributed by atoms with E-state index in [9.17, 15) is 18.0 Å². The van der Waals surface area contributed by atoms with E-state index in [2.05, 4.69) is 21.2 Å². The molecule has 9 nitrogen and oxygen atoms in total. The summed E-state index contributed by atoms with van der Waals surface area (Å²) >= 11 is 3.51. The average Bonchev–Trinajstić information content (AvgIpc) is 3.07. The number of amides is 2. The van der Waals surface area contributed by atoms with Crippen LogP contribution < -0.4 is 19.1 Å². The predicted octanol–water partition coefficient (Wildman–Crippen LogP) is 6.07. The smallest absolute Gasteiger partial charge is 0.264 e. The maximum atomic E-state index is 14.6. The zero-order valence-corrected chi connectivity index (χ0v) is 29.3. The molecule has 0 radical (unpaired) electrons. The molecule has 1 N–H and O–H groups in total. The molecule has 248 valence electrons. The van der Waals surface area contributed by atoms with E-state index in [0.717, 1.165) is 19.9 Å². The van der Waals surface area contributed by atoms with Crippen molar-refractivity contribution < 1.29 is 27.5 Å². The number of hydrogen-bond acceptors (Lipinski definition) is 6. The monoisotopic (exact) mass is 721 g/mol. The number of benzene rings is 4. The standard InChI is InChI=1S/C36H40BrN3O6S/c1-26(2)23-38-36(42)32(21-27-12-7-5-8-13-27)39(24-28-14-11-15-29(37)20-28)35(41)25-40(30-16-9-6-10-17-30)47(43,44)31-18-19-33(45-3)34(22-31)46-4/h5-20,22,26,32H,21,23-25H2,1-4H3,(H,38,42)/t32-/m0/s1. The number of halogens is 1. The second-order valence-corrected chi connectivity index (χ2v) is 14.1. The van der Waals surface area contributed by atoms with Gasteiger partial charge >= 0.3 is 0 Å². The van der Waals surface area contributed by atoms with E-state index in [1.165, 1.54) is 37.3 Å². The van der Waals surface area contributed by atoms with E-state index in [-0.39, 0.29) is 35.4 Å². The molecule has 1 atom stereocenters. The third-order valence-electron chi connectivity index (χ3n) is 7.46. The minimum atomic E-state index is -4.30. The molecule has 0 aromatic heterocycles. The van der Waals surface area contributed by atoms with Crippen molar-refractivity contribution in [1.29, 1.82) is 0 Å². The number of carbonyl (C=O) groups is 2. The summed E-state index contributed by atoms with van der Waals surface area (Å²) in [5.41, 5.74) is 1.93. The van der Waals surface area contributed by atoms with Crippen molar-refractivity contribution >= 4 is 43.5 Å². The fourth-order valence-electron chi connectivity index (χ4n) is 5.04. The van der Waals surface area contributed by atoms with Gasteiger partial charge in [-0.15, -0.1) is 0 Å². The molecule has 0 aliphatic carbocycles. The maximum absolute atomic E-state index is 14.6. The molecule has 0 saturated carbocycles. The van der Waals surface area contributed by atoms with Gasteiger partial charge in [-0.1, -0.05) is 90.4 Å². The van der Waals surface area contributed by atoms with Crippen molar-refractivity contribution in [1.82, 2.24) is 10.2 Å².